The van der Waals surface area contributed by atoms with E-state index in [9.17, 15) is 13.2 Å². The van der Waals surface area contributed by atoms with Gasteiger partial charge in [-0.25, -0.2) is 0 Å². The second-order valence-corrected chi connectivity index (χ2v) is 14.2. The second-order valence-electron chi connectivity index (χ2n) is 5.79. The van der Waals surface area contributed by atoms with E-state index in [1.807, 2.05) is 26.7 Å². The summed E-state index contributed by atoms with van der Waals surface area (Å²) in [6.07, 6.45) is 0. The Morgan fingerprint density at radius 3 is 1.89 bits per heavy atom. The van der Waals surface area contributed by atoms with Gasteiger partial charge in [-0.05, 0) is 0 Å². The van der Waals surface area contributed by atoms with E-state index >= 15 is 0 Å². The quantitative estimate of drug-likeness (QED) is 0.681. The van der Waals surface area contributed by atoms with Crippen LogP contribution in [0.2, 0.25) is 0 Å². The molecule has 0 aliphatic rings. The summed E-state index contributed by atoms with van der Waals surface area (Å²) >= 11 is 0. The van der Waals surface area contributed by atoms with Crippen LogP contribution in [0.5, 0.6) is 0 Å². The fraction of sp³-hybridized carbons (Fsp3) is 0.364. The van der Waals surface area contributed by atoms with Crippen LogP contribution < -0.4 is 0 Å². The van der Waals surface area contributed by atoms with Crippen molar-refractivity contribution in [3.63, 3.8) is 0 Å². The van der Waals surface area contributed by atoms with Crippen LogP contribution in [0.25, 0.3) is 0 Å². The van der Waals surface area contributed by atoms with Crippen molar-refractivity contribution in [3.8, 4) is 0 Å². The van der Waals surface area contributed by atoms with E-state index < -0.39 is 22.9 Å². The van der Waals surface area contributed by atoms with Gasteiger partial charge in [0.15, 0.2) is 0 Å². The number of carbonyl (C=O) groups excluding carboxylic acids is 1. The molecule has 0 amide bonds. The molecule has 0 saturated carbocycles. The zero-order chi connectivity index (χ0) is 14.2. The first-order valence-electron chi connectivity index (χ1n) is 5.17. The van der Waals surface area contributed by atoms with E-state index in [1.165, 1.54) is 12.1 Å². The maximum absolute atomic E-state index is 11.8. The SMILES string of the molecule is CP(C)(C)(C)OC(=O)c1ccc(S(=O)(=O)O)cc1. The number of rotatable bonds is 3. The molecule has 1 rings (SSSR count). The van der Waals surface area contributed by atoms with Crippen molar-refractivity contribution in [1.82, 2.24) is 0 Å². The maximum atomic E-state index is 11.8. The first-order valence-corrected chi connectivity index (χ1v) is 10.6. The van der Waals surface area contributed by atoms with Gasteiger partial charge in [0.1, 0.15) is 0 Å². The summed E-state index contributed by atoms with van der Waals surface area (Å²) in [6, 6.07) is 4.95. The summed E-state index contributed by atoms with van der Waals surface area (Å²) in [5.74, 6) is -0.496. The van der Waals surface area contributed by atoms with Crippen LogP contribution in [0.4, 0.5) is 0 Å². The Kier molecular flexibility index (Phi) is 3.60. The van der Waals surface area contributed by atoms with Crippen LogP contribution in [-0.4, -0.2) is 45.6 Å². The average molecular weight is 292 g/mol. The molecule has 0 bridgehead atoms. The number of benzene rings is 1. The van der Waals surface area contributed by atoms with Crippen molar-refractivity contribution >= 4 is 22.9 Å². The molecule has 0 saturated heterocycles. The molecular weight excluding hydrogens is 275 g/mol. The first-order chi connectivity index (χ1) is 7.85. The second kappa shape index (κ2) is 4.30. The van der Waals surface area contributed by atoms with Gasteiger partial charge < -0.3 is 0 Å². The Hall–Kier alpha value is -0.970. The van der Waals surface area contributed by atoms with Gasteiger partial charge in [0, 0.05) is 0 Å². The topological polar surface area (TPSA) is 80.7 Å². The van der Waals surface area contributed by atoms with Gasteiger partial charge in [0.25, 0.3) is 0 Å². The number of hydrogen-bond acceptors (Lipinski definition) is 4. The molecule has 1 N–H and O–H groups in total. The van der Waals surface area contributed by atoms with Crippen molar-refractivity contribution in [2.45, 2.75) is 4.90 Å². The van der Waals surface area contributed by atoms with Crippen molar-refractivity contribution in [1.29, 1.82) is 0 Å². The van der Waals surface area contributed by atoms with Gasteiger partial charge in [-0.15, -0.1) is 0 Å². The summed E-state index contributed by atoms with van der Waals surface area (Å²) in [5.41, 5.74) is 0.254. The molecule has 0 aromatic heterocycles. The minimum absolute atomic E-state index is 0.252. The predicted molar refractivity (Wildman–Crippen MR) is 72.3 cm³/mol. The molecule has 0 radical (unpaired) electrons. The Balaban J connectivity index is 2.98. The van der Waals surface area contributed by atoms with E-state index in [4.69, 9.17) is 9.08 Å². The molecule has 5 nitrogen and oxygen atoms in total. The van der Waals surface area contributed by atoms with Crippen molar-refractivity contribution in [3.05, 3.63) is 29.8 Å². The summed E-state index contributed by atoms with van der Waals surface area (Å²) in [7, 11) is -4.24. The first kappa shape index (κ1) is 15.1. The molecule has 0 spiro atoms. The summed E-state index contributed by atoms with van der Waals surface area (Å²) < 4.78 is 35.9. The standard InChI is InChI=1S/C11H17O5PS/c1-17(2,3,4)16-11(12)9-5-7-10(8-6-9)18(13,14)15/h5-8H,1-4H3,(H,13,14,15). The fourth-order valence-corrected chi connectivity index (χ4v) is 2.40. The molecule has 7 heteroatoms. The van der Waals surface area contributed by atoms with Crippen LogP contribution in [0.1, 0.15) is 10.4 Å². The molecule has 0 heterocycles. The Labute approximate surface area is 107 Å². The molecule has 0 aliphatic carbocycles. The van der Waals surface area contributed by atoms with Crippen molar-refractivity contribution < 1.29 is 22.3 Å². The van der Waals surface area contributed by atoms with E-state index in [0.29, 0.717) is 0 Å². The van der Waals surface area contributed by atoms with Crippen molar-refractivity contribution in [2.75, 3.05) is 26.7 Å². The van der Waals surface area contributed by atoms with Gasteiger partial charge in [-0.1, -0.05) is 0 Å². The predicted octanol–water partition coefficient (Wildman–Crippen LogP) is 2.08. The minimum atomic E-state index is -4.24. The van der Waals surface area contributed by atoms with Gasteiger partial charge in [0.2, 0.25) is 0 Å². The zero-order valence-corrected chi connectivity index (χ0v) is 12.5. The van der Waals surface area contributed by atoms with Crippen LogP contribution in [0.3, 0.4) is 0 Å². The molecular formula is C11H17O5PS. The third kappa shape index (κ3) is 4.72. The third-order valence-corrected chi connectivity index (χ3v) is 3.60. The summed E-state index contributed by atoms with van der Waals surface area (Å²) in [5, 5.41) is 0. The fourth-order valence-electron chi connectivity index (χ4n) is 1.15. The average Bonchev–Trinajstić information content (AvgIpc) is 2.12. The van der Waals surface area contributed by atoms with E-state index in [1.54, 1.807) is 0 Å². The molecule has 0 fully saturated rings. The van der Waals surface area contributed by atoms with Crippen LogP contribution >= 0.6 is 6.83 Å². The van der Waals surface area contributed by atoms with Gasteiger partial charge in [0.05, 0.1) is 0 Å². The van der Waals surface area contributed by atoms with Gasteiger partial charge in [-0.3, -0.25) is 0 Å². The molecule has 0 atom stereocenters. The summed E-state index contributed by atoms with van der Waals surface area (Å²) in [4.78, 5) is 11.6. The van der Waals surface area contributed by atoms with Gasteiger partial charge >= 0.3 is 107 Å². The number of hydrogen-bond donors (Lipinski definition) is 1. The van der Waals surface area contributed by atoms with E-state index in [-0.39, 0.29) is 10.5 Å². The molecule has 0 unspecified atom stereocenters. The molecule has 0 aliphatic heterocycles. The Bertz CT molecular complexity index is 556. The van der Waals surface area contributed by atoms with Crippen LogP contribution in [0.15, 0.2) is 29.2 Å². The Morgan fingerprint density at radius 1 is 1.11 bits per heavy atom. The molecule has 102 valence electrons. The zero-order valence-electron chi connectivity index (χ0n) is 10.7. The van der Waals surface area contributed by atoms with Crippen molar-refractivity contribution in [2.24, 2.45) is 0 Å². The van der Waals surface area contributed by atoms with Crippen LogP contribution in [-0.2, 0) is 14.6 Å². The Morgan fingerprint density at radius 2 is 1.56 bits per heavy atom. The monoisotopic (exact) mass is 292 g/mol. The summed E-state index contributed by atoms with van der Waals surface area (Å²) in [6.45, 7) is 5.11. The normalized spacial score (nSPS) is 14.6. The van der Waals surface area contributed by atoms with Gasteiger partial charge in [-0.2, -0.15) is 0 Å². The van der Waals surface area contributed by atoms with E-state index in [0.717, 1.165) is 12.1 Å². The molecule has 1 aromatic carbocycles. The molecule has 18 heavy (non-hydrogen) atoms. The third-order valence-electron chi connectivity index (χ3n) is 1.84. The molecule has 1 aromatic rings. The number of carbonyl (C=O) groups is 1. The van der Waals surface area contributed by atoms with E-state index in [2.05, 4.69) is 0 Å². The van der Waals surface area contributed by atoms with Crippen LogP contribution in [0, 0.1) is 0 Å².